The predicted octanol–water partition coefficient (Wildman–Crippen LogP) is 0.604. The molecule has 0 aliphatic carbocycles. The zero-order valence-electron chi connectivity index (χ0n) is 8.66. The highest BCUT2D eigenvalue weighted by Crippen LogP contribution is 2.15. The van der Waals surface area contributed by atoms with Crippen molar-refractivity contribution in [2.45, 2.75) is 44.8 Å². The van der Waals surface area contributed by atoms with Gasteiger partial charge >= 0.3 is 0 Å². The van der Waals surface area contributed by atoms with Crippen LogP contribution >= 0.6 is 0 Å². The van der Waals surface area contributed by atoms with Gasteiger partial charge in [-0.15, -0.1) is 0 Å². The molecule has 0 aromatic heterocycles. The molecule has 0 amide bonds. The molecule has 0 saturated carbocycles. The Morgan fingerprint density at radius 1 is 1.54 bits per heavy atom. The maximum atomic E-state index is 9.84. The Hall–Kier alpha value is -0.120. The molecule has 0 radical (unpaired) electrons. The monoisotopic (exact) mass is 187 g/mol. The summed E-state index contributed by atoms with van der Waals surface area (Å²) in [5.74, 6) is 0. The fraction of sp³-hybridized carbons (Fsp3) is 1.00. The standard InChI is InChI=1S/C10H21NO2/c1-3-10(2,13)8-11-6-4-5-9(12)7-11/h9,12-13H,3-8H2,1-2H3/t9-,10?/m0/s1. The minimum absolute atomic E-state index is 0.193. The first-order valence-corrected chi connectivity index (χ1v) is 5.16. The summed E-state index contributed by atoms with van der Waals surface area (Å²) in [6.07, 6.45) is 2.52. The zero-order chi connectivity index (χ0) is 9.90. The van der Waals surface area contributed by atoms with Crippen LogP contribution in [0, 0.1) is 0 Å². The van der Waals surface area contributed by atoms with Crippen molar-refractivity contribution in [3.05, 3.63) is 0 Å². The van der Waals surface area contributed by atoms with Crippen LogP contribution in [-0.4, -0.2) is 46.5 Å². The number of hydrogen-bond donors (Lipinski definition) is 2. The average molecular weight is 187 g/mol. The molecule has 0 spiro atoms. The number of rotatable bonds is 3. The number of piperidine rings is 1. The highest BCUT2D eigenvalue weighted by molar-refractivity contribution is 4.80. The molecule has 3 heteroatoms. The van der Waals surface area contributed by atoms with Gasteiger partial charge in [-0.3, -0.25) is 4.90 Å². The number of hydrogen-bond acceptors (Lipinski definition) is 3. The lowest BCUT2D eigenvalue weighted by Crippen LogP contribution is -2.46. The second kappa shape index (κ2) is 4.40. The van der Waals surface area contributed by atoms with Crippen LogP contribution in [0.25, 0.3) is 0 Å². The summed E-state index contributed by atoms with van der Waals surface area (Å²) in [7, 11) is 0. The van der Waals surface area contributed by atoms with Crippen LogP contribution < -0.4 is 0 Å². The Morgan fingerprint density at radius 3 is 2.77 bits per heavy atom. The van der Waals surface area contributed by atoms with Gasteiger partial charge in [0.25, 0.3) is 0 Å². The molecule has 2 N–H and O–H groups in total. The van der Waals surface area contributed by atoms with Gasteiger partial charge in [0, 0.05) is 13.1 Å². The fourth-order valence-electron chi connectivity index (χ4n) is 1.77. The van der Waals surface area contributed by atoms with E-state index in [1.165, 1.54) is 0 Å². The van der Waals surface area contributed by atoms with Crippen LogP contribution in [0.5, 0.6) is 0 Å². The summed E-state index contributed by atoms with van der Waals surface area (Å²) in [5.41, 5.74) is -0.600. The molecule has 1 heterocycles. The maximum absolute atomic E-state index is 9.84. The van der Waals surface area contributed by atoms with Gasteiger partial charge in [0.2, 0.25) is 0 Å². The van der Waals surface area contributed by atoms with Gasteiger partial charge in [-0.2, -0.15) is 0 Å². The second-order valence-corrected chi connectivity index (χ2v) is 4.38. The lowest BCUT2D eigenvalue weighted by Gasteiger charge is -2.35. The highest BCUT2D eigenvalue weighted by Gasteiger charge is 2.25. The van der Waals surface area contributed by atoms with Crippen molar-refractivity contribution in [3.63, 3.8) is 0 Å². The molecule has 0 aromatic rings. The quantitative estimate of drug-likeness (QED) is 0.680. The van der Waals surface area contributed by atoms with Gasteiger partial charge < -0.3 is 10.2 Å². The molecule has 0 aromatic carbocycles. The molecule has 1 saturated heterocycles. The summed E-state index contributed by atoms with van der Waals surface area (Å²) < 4.78 is 0. The van der Waals surface area contributed by atoms with E-state index in [1.54, 1.807) is 0 Å². The zero-order valence-corrected chi connectivity index (χ0v) is 8.66. The average Bonchev–Trinajstić information content (AvgIpc) is 2.03. The van der Waals surface area contributed by atoms with Crippen molar-refractivity contribution in [2.75, 3.05) is 19.6 Å². The number of aliphatic hydroxyl groups excluding tert-OH is 1. The van der Waals surface area contributed by atoms with Gasteiger partial charge in [-0.1, -0.05) is 6.92 Å². The smallest absolute Gasteiger partial charge is 0.0743 e. The van der Waals surface area contributed by atoms with E-state index >= 15 is 0 Å². The Kier molecular flexibility index (Phi) is 3.71. The van der Waals surface area contributed by atoms with Gasteiger partial charge in [0.15, 0.2) is 0 Å². The minimum atomic E-state index is -0.600. The topological polar surface area (TPSA) is 43.7 Å². The van der Waals surface area contributed by atoms with Crippen molar-refractivity contribution in [1.29, 1.82) is 0 Å². The molecule has 78 valence electrons. The van der Waals surface area contributed by atoms with Crippen molar-refractivity contribution in [3.8, 4) is 0 Å². The van der Waals surface area contributed by atoms with E-state index in [9.17, 15) is 10.2 Å². The van der Waals surface area contributed by atoms with Crippen molar-refractivity contribution in [1.82, 2.24) is 4.90 Å². The van der Waals surface area contributed by atoms with Crippen LogP contribution in [0.1, 0.15) is 33.1 Å². The molecule has 1 aliphatic rings. The van der Waals surface area contributed by atoms with Crippen LogP contribution in [0.3, 0.4) is 0 Å². The molecule has 0 bridgehead atoms. The number of nitrogens with zero attached hydrogens (tertiary/aromatic N) is 1. The SMILES string of the molecule is CCC(C)(O)CN1CCC[C@H](O)C1. The normalized spacial score (nSPS) is 30.0. The van der Waals surface area contributed by atoms with E-state index in [0.29, 0.717) is 6.54 Å². The first-order chi connectivity index (χ1) is 6.03. The van der Waals surface area contributed by atoms with E-state index in [4.69, 9.17) is 0 Å². The molecule has 3 nitrogen and oxygen atoms in total. The van der Waals surface area contributed by atoms with Crippen LogP contribution in [0.15, 0.2) is 0 Å². The number of likely N-dealkylation sites (tertiary alicyclic amines) is 1. The summed E-state index contributed by atoms with van der Waals surface area (Å²) in [4.78, 5) is 2.15. The van der Waals surface area contributed by atoms with Gasteiger partial charge in [-0.25, -0.2) is 0 Å². The Bertz CT molecular complexity index is 159. The molecular weight excluding hydrogens is 166 g/mol. The lowest BCUT2D eigenvalue weighted by atomic mass is 10.0. The van der Waals surface area contributed by atoms with Crippen molar-refractivity contribution >= 4 is 0 Å². The number of β-amino-alcohol motifs (C(OH)–C–C–N with tert-alkyl or cyclic N) is 2. The third kappa shape index (κ3) is 3.63. The largest absolute Gasteiger partial charge is 0.392 e. The van der Waals surface area contributed by atoms with E-state index in [-0.39, 0.29) is 6.10 Å². The van der Waals surface area contributed by atoms with E-state index in [0.717, 1.165) is 32.4 Å². The molecule has 1 unspecified atom stereocenters. The van der Waals surface area contributed by atoms with Gasteiger partial charge in [0.1, 0.15) is 0 Å². The maximum Gasteiger partial charge on any atom is 0.0743 e. The van der Waals surface area contributed by atoms with Crippen LogP contribution in [-0.2, 0) is 0 Å². The summed E-state index contributed by atoms with van der Waals surface area (Å²) >= 11 is 0. The minimum Gasteiger partial charge on any atom is -0.392 e. The fourth-order valence-corrected chi connectivity index (χ4v) is 1.77. The van der Waals surface area contributed by atoms with E-state index in [2.05, 4.69) is 4.90 Å². The van der Waals surface area contributed by atoms with Gasteiger partial charge in [0.05, 0.1) is 11.7 Å². The van der Waals surface area contributed by atoms with E-state index in [1.807, 2.05) is 13.8 Å². The molecule has 1 aliphatic heterocycles. The number of aliphatic hydroxyl groups is 2. The Labute approximate surface area is 80.4 Å². The third-order valence-corrected chi connectivity index (χ3v) is 2.81. The van der Waals surface area contributed by atoms with Crippen molar-refractivity contribution in [2.24, 2.45) is 0 Å². The highest BCUT2D eigenvalue weighted by atomic mass is 16.3. The summed E-state index contributed by atoms with van der Waals surface area (Å²) in [6, 6.07) is 0. The molecule has 1 rings (SSSR count). The molecular formula is C10H21NO2. The van der Waals surface area contributed by atoms with E-state index < -0.39 is 5.60 Å². The first kappa shape index (κ1) is 11.0. The molecule has 13 heavy (non-hydrogen) atoms. The second-order valence-electron chi connectivity index (χ2n) is 4.38. The third-order valence-electron chi connectivity index (χ3n) is 2.81. The first-order valence-electron chi connectivity index (χ1n) is 5.16. The Balaban J connectivity index is 2.35. The van der Waals surface area contributed by atoms with Gasteiger partial charge in [-0.05, 0) is 32.7 Å². The summed E-state index contributed by atoms with van der Waals surface area (Å²) in [6.45, 7) is 6.25. The lowest BCUT2D eigenvalue weighted by molar-refractivity contribution is -0.0113. The molecule has 2 atom stereocenters. The van der Waals surface area contributed by atoms with Crippen LogP contribution in [0.4, 0.5) is 0 Å². The Morgan fingerprint density at radius 2 is 2.23 bits per heavy atom. The predicted molar refractivity (Wildman–Crippen MR) is 52.6 cm³/mol. The van der Waals surface area contributed by atoms with Crippen molar-refractivity contribution < 1.29 is 10.2 Å². The van der Waals surface area contributed by atoms with Crippen LogP contribution in [0.2, 0.25) is 0 Å². The molecule has 1 fully saturated rings. The summed E-state index contributed by atoms with van der Waals surface area (Å²) in [5, 5.41) is 19.3.